The summed E-state index contributed by atoms with van der Waals surface area (Å²) in [6.07, 6.45) is 4.06. The van der Waals surface area contributed by atoms with Crippen LogP contribution >= 0.6 is 11.3 Å². The summed E-state index contributed by atoms with van der Waals surface area (Å²) in [5.41, 5.74) is 3.67. The van der Waals surface area contributed by atoms with Crippen molar-refractivity contribution in [2.45, 2.75) is 38.1 Å². The van der Waals surface area contributed by atoms with E-state index in [2.05, 4.69) is 40.4 Å². The molecule has 120 valence electrons. The van der Waals surface area contributed by atoms with Crippen molar-refractivity contribution >= 4 is 22.4 Å². The Morgan fingerprint density at radius 1 is 1.35 bits per heavy atom. The van der Waals surface area contributed by atoms with E-state index in [1.54, 1.807) is 11.3 Å². The van der Waals surface area contributed by atoms with Gasteiger partial charge in [-0.25, -0.2) is 4.98 Å². The number of nitrogens with zero attached hydrogens (tertiary/aromatic N) is 2. The highest BCUT2D eigenvalue weighted by Crippen LogP contribution is 2.33. The molecular weight excluding hydrogens is 306 g/mol. The summed E-state index contributed by atoms with van der Waals surface area (Å²) in [6, 6.07) is 8.33. The molecule has 23 heavy (non-hydrogen) atoms. The maximum Gasteiger partial charge on any atom is 0.233 e. The minimum atomic E-state index is -0.0384. The van der Waals surface area contributed by atoms with E-state index in [0.29, 0.717) is 0 Å². The number of aromatic nitrogens is 1. The summed E-state index contributed by atoms with van der Waals surface area (Å²) in [5.74, 6) is 0.0557. The number of thiazole rings is 1. The van der Waals surface area contributed by atoms with Gasteiger partial charge in [0.1, 0.15) is 0 Å². The Morgan fingerprint density at radius 2 is 2.22 bits per heavy atom. The highest BCUT2D eigenvalue weighted by Gasteiger charge is 2.27. The summed E-state index contributed by atoms with van der Waals surface area (Å²) < 4.78 is 0. The molecule has 0 bridgehead atoms. The van der Waals surface area contributed by atoms with Crippen molar-refractivity contribution in [1.29, 1.82) is 0 Å². The van der Waals surface area contributed by atoms with Crippen LogP contribution in [0.3, 0.4) is 0 Å². The molecule has 0 unspecified atom stereocenters. The van der Waals surface area contributed by atoms with Crippen LogP contribution in [0.25, 0.3) is 0 Å². The Labute approximate surface area is 140 Å². The lowest BCUT2D eigenvalue weighted by molar-refractivity contribution is -0.117. The van der Waals surface area contributed by atoms with E-state index in [1.165, 1.54) is 16.0 Å². The van der Waals surface area contributed by atoms with Crippen LogP contribution in [0.4, 0.5) is 5.13 Å². The molecule has 2 aliphatic rings. The van der Waals surface area contributed by atoms with Crippen molar-refractivity contribution in [3.8, 4) is 0 Å². The molecule has 1 atom stereocenters. The first-order valence-electron chi connectivity index (χ1n) is 8.26. The number of fused-ring (bicyclic) bond motifs is 2. The zero-order chi connectivity index (χ0) is 15.8. The number of benzene rings is 1. The molecule has 0 fully saturated rings. The highest BCUT2D eigenvalue weighted by molar-refractivity contribution is 7.15. The van der Waals surface area contributed by atoms with Gasteiger partial charge in [0, 0.05) is 24.4 Å². The third kappa shape index (κ3) is 2.91. The third-order valence-electron chi connectivity index (χ3n) is 4.84. The minimum Gasteiger partial charge on any atom is -0.301 e. The normalized spacial score (nSPS) is 20.7. The fourth-order valence-corrected chi connectivity index (χ4v) is 4.69. The van der Waals surface area contributed by atoms with Crippen LogP contribution in [-0.2, 0) is 24.2 Å². The second-order valence-electron chi connectivity index (χ2n) is 6.51. The largest absolute Gasteiger partial charge is 0.301 e. The molecule has 2 aromatic rings. The lowest BCUT2D eigenvalue weighted by Gasteiger charge is -2.24. The minimum absolute atomic E-state index is 0.0384. The third-order valence-corrected chi connectivity index (χ3v) is 5.84. The summed E-state index contributed by atoms with van der Waals surface area (Å²) in [7, 11) is 2.12. The number of hydrogen-bond acceptors (Lipinski definition) is 4. The van der Waals surface area contributed by atoms with Crippen molar-refractivity contribution < 1.29 is 4.79 Å². The molecule has 0 spiro atoms. The Kier molecular flexibility index (Phi) is 3.91. The van der Waals surface area contributed by atoms with Crippen LogP contribution in [-0.4, -0.2) is 29.4 Å². The van der Waals surface area contributed by atoms with Gasteiger partial charge < -0.3 is 10.2 Å². The van der Waals surface area contributed by atoms with E-state index < -0.39 is 0 Å². The summed E-state index contributed by atoms with van der Waals surface area (Å²) >= 11 is 1.63. The van der Waals surface area contributed by atoms with Gasteiger partial charge in [-0.2, -0.15) is 0 Å². The first-order chi connectivity index (χ1) is 11.2. The number of likely N-dealkylation sites (N-methyl/N-ethyl adjacent to an activating group) is 1. The fourth-order valence-electron chi connectivity index (χ4n) is 3.60. The predicted octanol–water partition coefficient (Wildman–Crippen LogP) is 3.19. The summed E-state index contributed by atoms with van der Waals surface area (Å²) in [6.45, 7) is 1.98. The van der Waals surface area contributed by atoms with Crippen LogP contribution in [0.1, 0.15) is 40.5 Å². The quantitative estimate of drug-likeness (QED) is 0.921. The topological polar surface area (TPSA) is 45.2 Å². The Bertz CT molecular complexity index is 740. The summed E-state index contributed by atoms with van der Waals surface area (Å²) in [5, 5.41) is 3.84. The SMILES string of the molecule is CN1CCc2nc(NC(=O)[C@@H]3CCCc4ccccc43)sc2C1. The standard InChI is InChI=1S/C18H21N3OS/c1-21-10-9-15-16(11-21)23-18(19-15)20-17(22)14-8-4-6-12-5-2-3-7-13(12)14/h2-3,5,7,14H,4,6,8-11H2,1H3,(H,19,20,22)/t14-/m1/s1. The monoisotopic (exact) mass is 327 g/mol. The predicted molar refractivity (Wildman–Crippen MR) is 92.9 cm³/mol. The number of aryl methyl sites for hydroxylation is 1. The van der Waals surface area contributed by atoms with Crippen molar-refractivity contribution in [2.75, 3.05) is 18.9 Å². The molecule has 0 radical (unpaired) electrons. The van der Waals surface area contributed by atoms with E-state index in [0.717, 1.165) is 49.6 Å². The van der Waals surface area contributed by atoms with Gasteiger partial charge >= 0.3 is 0 Å². The number of amides is 1. The molecular formula is C18H21N3OS. The summed E-state index contributed by atoms with van der Waals surface area (Å²) in [4.78, 5) is 21.0. The van der Waals surface area contributed by atoms with E-state index >= 15 is 0 Å². The first kappa shape index (κ1) is 14.8. The fraction of sp³-hybridized carbons (Fsp3) is 0.444. The van der Waals surface area contributed by atoms with Gasteiger partial charge in [-0.1, -0.05) is 24.3 Å². The Hall–Kier alpha value is -1.72. The molecule has 1 N–H and O–H groups in total. The maximum absolute atomic E-state index is 12.8. The molecule has 1 aromatic heterocycles. The van der Waals surface area contributed by atoms with Crippen LogP contribution in [0, 0.1) is 0 Å². The Balaban J connectivity index is 1.53. The second-order valence-corrected chi connectivity index (χ2v) is 7.59. The smallest absolute Gasteiger partial charge is 0.233 e. The van der Waals surface area contributed by atoms with E-state index in [-0.39, 0.29) is 11.8 Å². The molecule has 4 rings (SSSR count). The lowest BCUT2D eigenvalue weighted by atomic mass is 9.82. The molecule has 1 amide bonds. The Morgan fingerprint density at radius 3 is 3.13 bits per heavy atom. The van der Waals surface area contributed by atoms with Crippen LogP contribution < -0.4 is 5.32 Å². The van der Waals surface area contributed by atoms with Gasteiger partial charge in [-0.05, 0) is 37.4 Å². The molecule has 1 aliphatic heterocycles. The number of anilines is 1. The zero-order valence-corrected chi connectivity index (χ0v) is 14.2. The zero-order valence-electron chi connectivity index (χ0n) is 13.3. The van der Waals surface area contributed by atoms with Crippen LogP contribution in [0.2, 0.25) is 0 Å². The number of carbonyl (C=O) groups is 1. The molecule has 1 aromatic carbocycles. The lowest BCUT2D eigenvalue weighted by Crippen LogP contribution is -2.25. The van der Waals surface area contributed by atoms with Gasteiger partial charge in [0.25, 0.3) is 0 Å². The van der Waals surface area contributed by atoms with E-state index in [4.69, 9.17) is 0 Å². The molecule has 2 heterocycles. The number of hydrogen-bond donors (Lipinski definition) is 1. The van der Waals surface area contributed by atoms with E-state index in [9.17, 15) is 4.79 Å². The van der Waals surface area contributed by atoms with Crippen molar-refractivity contribution in [3.63, 3.8) is 0 Å². The maximum atomic E-state index is 12.8. The van der Waals surface area contributed by atoms with Crippen LogP contribution in [0.5, 0.6) is 0 Å². The molecule has 4 nitrogen and oxygen atoms in total. The average molecular weight is 327 g/mol. The average Bonchev–Trinajstić information content (AvgIpc) is 2.95. The molecule has 0 saturated heterocycles. The highest BCUT2D eigenvalue weighted by atomic mass is 32.1. The van der Waals surface area contributed by atoms with Gasteiger partial charge in [0.2, 0.25) is 5.91 Å². The van der Waals surface area contributed by atoms with Gasteiger partial charge in [-0.3, -0.25) is 4.79 Å². The first-order valence-corrected chi connectivity index (χ1v) is 9.08. The van der Waals surface area contributed by atoms with Gasteiger partial charge in [0.05, 0.1) is 11.6 Å². The number of nitrogens with one attached hydrogen (secondary N) is 1. The number of carbonyl (C=O) groups excluding carboxylic acids is 1. The second kappa shape index (κ2) is 6.06. The molecule has 1 aliphatic carbocycles. The van der Waals surface area contributed by atoms with Gasteiger partial charge in [-0.15, -0.1) is 11.3 Å². The number of rotatable bonds is 2. The molecule has 0 saturated carbocycles. The van der Waals surface area contributed by atoms with Crippen molar-refractivity contribution in [1.82, 2.24) is 9.88 Å². The molecule has 5 heteroatoms. The van der Waals surface area contributed by atoms with Gasteiger partial charge in [0.15, 0.2) is 5.13 Å². The van der Waals surface area contributed by atoms with Crippen molar-refractivity contribution in [3.05, 3.63) is 46.0 Å². The van der Waals surface area contributed by atoms with Crippen LogP contribution in [0.15, 0.2) is 24.3 Å². The van der Waals surface area contributed by atoms with Crippen molar-refractivity contribution in [2.24, 2.45) is 0 Å². The van der Waals surface area contributed by atoms with E-state index in [1.807, 2.05) is 6.07 Å².